The van der Waals surface area contributed by atoms with Crippen LogP contribution >= 0.6 is 11.3 Å². The summed E-state index contributed by atoms with van der Waals surface area (Å²) in [6.07, 6.45) is -1.51. The second-order valence-corrected chi connectivity index (χ2v) is 10.8. The zero-order chi connectivity index (χ0) is 29.5. The highest BCUT2D eigenvalue weighted by Gasteiger charge is 2.44. The van der Waals surface area contributed by atoms with Crippen LogP contribution in [-0.2, 0) is 41.6 Å². The van der Waals surface area contributed by atoms with Gasteiger partial charge in [-0.15, -0.1) is 11.3 Å². The van der Waals surface area contributed by atoms with E-state index in [1.807, 2.05) is 41.8 Å². The third-order valence-corrected chi connectivity index (χ3v) is 7.75. The Balaban J connectivity index is 1.49. The van der Waals surface area contributed by atoms with Crippen molar-refractivity contribution in [3.63, 3.8) is 0 Å². The minimum atomic E-state index is -1.70. The molecule has 3 aromatic rings. The van der Waals surface area contributed by atoms with Gasteiger partial charge in [-0.25, -0.2) is 9.37 Å². The molecular formula is C30H32FN3O6S. The predicted octanol–water partition coefficient (Wildman–Crippen LogP) is 4.02. The van der Waals surface area contributed by atoms with Gasteiger partial charge in [-0.2, -0.15) is 0 Å². The normalized spacial score (nSPS) is 16.1. The largest absolute Gasteiger partial charge is 0.448 e. The van der Waals surface area contributed by atoms with Crippen LogP contribution in [0.1, 0.15) is 60.1 Å². The number of carbonyl (C=O) groups excluding carboxylic acids is 4. The summed E-state index contributed by atoms with van der Waals surface area (Å²) in [5, 5.41) is 5.03. The Morgan fingerprint density at radius 2 is 1.76 bits per heavy atom. The van der Waals surface area contributed by atoms with Gasteiger partial charge in [0, 0.05) is 32.2 Å². The molecule has 2 heterocycles. The van der Waals surface area contributed by atoms with Crippen molar-refractivity contribution in [2.75, 3.05) is 6.54 Å². The first kappa shape index (κ1) is 29.9. The molecule has 0 spiro atoms. The van der Waals surface area contributed by atoms with Crippen LogP contribution in [-0.4, -0.2) is 52.4 Å². The van der Waals surface area contributed by atoms with Crippen LogP contribution in [0.2, 0.25) is 0 Å². The summed E-state index contributed by atoms with van der Waals surface area (Å²) in [7, 11) is 0. The number of rotatable bonds is 10. The third-order valence-electron chi connectivity index (χ3n) is 6.85. The van der Waals surface area contributed by atoms with Gasteiger partial charge in [-0.3, -0.25) is 19.2 Å². The van der Waals surface area contributed by atoms with Gasteiger partial charge in [0.1, 0.15) is 10.8 Å². The van der Waals surface area contributed by atoms with E-state index >= 15 is 0 Å². The molecule has 1 saturated heterocycles. The van der Waals surface area contributed by atoms with Gasteiger partial charge < -0.3 is 19.7 Å². The van der Waals surface area contributed by atoms with E-state index in [1.54, 1.807) is 17.9 Å². The average molecular weight is 582 g/mol. The van der Waals surface area contributed by atoms with Crippen LogP contribution < -0.4 is 5.32 Å². The van der Waals surface area contributed by atoms with Gasteiger partial charge in [0.05, 0.1) is 18.3 Å². The smallest absolute Gasteiger partial charge is 0.303 e. The molecule has 1 N–H and O–H groups in total. The summed E-state index contributed by atoms with van der Waals surface area (Å²) in [6, 6.07) is 14.1. The Morgan fingerprint density at radius 1 is 1.05 bits per heavy atom. The zero-order valence-corrected chi connectivity index (χ0v) is 23.9. The monoisotopic (exact) mass is 581 g/mol. The van der Waals surface area contributed by atoms with Gasteiger partial charge in [0.25, 0.3) is 11.8 Å². The highest BCUT2D eigenvalue weighted by molar-refractivity contribution is 7.09. The number of esters is 2. The summed E-state index contributed by atoms with van der Waals surface area (Å²) >= 11 is 1.30. The Morgan fingerprint density at radius 3 is 2.46 bits per heavy atom. The number of aromatic nitrogens is 1. The fourth-order valence-electron chi connectivity index (χ4n) is 4.88. The molecule has 0 bridgehead atoms. The molecule has 1 fully saturated rings. The fraction of sp³-hybridized carbons (Fsp3) is 0.367. The molecule has 9 nitrogen and oxygen atoms in total. The van der Waals surface area contributed by atoms with E-state index in [2.05, 4.69) is 10.3 Å². The van der Waals surface area contributed by atoms with Crippen LogP contribution in [0.3, 0.4) is 0 Å². The van der Waals surface area contributed by atoms with E-state index in [9.17, 15) is 23.6 Å². The first-order valence-corrected chi connectivity index (χ1v) is 14.2. The van der Waals surface area contributed by atoms with Gasteiger partial charge in [-0.1, -0.05) is 42.5 Å². The second-order valence-electron chi connectivity index (χ2n) is 9.81. The number of ether oxygens (including phenoxy) is 2. The van der Waals surface area contributed by atoms with Crippen molar-refractivity contribution in [1.82, 2.24) is 15.2 Å². The number of halogens is 1. The van der Waals surface area contributed by atoms with E-state index in [4.69, 9.17) is 9.47 Å². The highest BCUT2D eigenvalue weighted by atomic mass is 32.1. The first-order valence-electron chi connectivity index (χ1n) is 13.3. The molecule has 4 rings (SSSR count). The molecule has 0 aliphatic carbocycles. The van der Waals surface area contributed by atoms with Gasteiger partial charge >= 0.3 is 11.9 Å². The van der Waals surface area contributed by atoms with E-state index in [1.165, 1.54) is 17.4 Å². The Labute approximate surface area is 241 Å². The predicted molar refractivity (Wildman–Crippen MR) is 149 cm³/mol. The van der Waals surface area contributed by atoms with Gasteiger partial charge in [0.15, 0.2) is 0 Å². The number of likely N-dealkylation sites (tertiary alicyclic amines) is 1. The first-order chi connectivity index (χ1) is 19.6. The lowest BCUT2D eigenvalue weighted by atomic mass is 10.0. The molecule has 1 unspecified atom stereocenters. The maximum Gasteiger partial charge on any atom is 0.303 e. The summed E-state index contributed by atoms with van der Waals surface area (Å²) in [5.41, 5.74) is 2.98. The van der Waals surface area contributed by atoms with E-state index in [-0.39, 0.29) is 18.4 Å². The molecule has 0 radical (unpaired) electrons. The van der Waals surface area contributed by atoms with Crippen LogP contribution in [0.4, 0.5) is 4.39 Å². The summed E-state index contributed by atoms with van der Waals surface area (Å²) in [6.45, 7) is 4.33. The lowest BCUT2D eigenvalue weighted by molar-refractivity contribution is -0.178. The Kier molecular flexibility index (Phi) is 9.82. The molecular weight excluding hydrogens is 549 g/mol. The van der Waals surface area contributed by atoms with Crippen molar-refractivity contribution in [1.29, 1.82) is 0 Å². The zero-order valence-electron chi connectivity index (χ0n) is 23.1. The maximum absolute atomic E-state index is 13.9. The van der Waals surface area contributed by atoms with E-state index in [0.717, 1.165) is 31.4 Å². The Hall–Kier alpha value is -4.12. The maximum atomic E-state index is 13.9. The lowest BCUT2D eigenvalue weighted by Crippen LogP contribution is -2.53. The summed E-state index contributed by atoms with van der Waals surface area (Å²) in [4.78, 5) is 57.1. The number of hydrogen-bond acceptors (Lipinski definition) is 8. The van der Waals surface area contributed by atoms with Crippen LogP contribution in [0, 0.1) is 12.7 Å². The SMILES string of the molecule is CC(=O)O[C@@H](C(=O)NCc1nc(Cc2cccc(F)c2C)cs1)[C@@H](OC(C)=O)C(=O)N1CCCC1c1ccccc1. The van der Waals surface area contributed by atoms with Crippen LogP contribution in [0.5, 0.6) is 0 Å². The van der Waals surface area contributed by atoms with Gasteiger partial charge in [-0.05, 0) is 42.5 Å². The van der Waals surface area contributed by atoms with Crippen molar-refractivity contribution in [2.45, 2.75) is 64.8 Å². The summed E-state index contributed by atoms with van der Waals surface area (Å²) in [5.74, 6) is -3.30. The van der Waals surface area contributed by atoms with Crippen LogP contribution in [0.15, 0.2) is 53.9 Å². The third kappa shape index (κ3) is 7.55. The Bertz CT molecular complexity index is 1410. The molecule has 1 aromatic heterocycles. The van der Waals surface area contributed by atoms with E-state index in [0.29, 0.717) is 35.7 Å². The molecule has 0 saturated carbocycles. The van der Waals surface area contributed by atoms with Crippen molar-refractivity contribution in [2.24, 2.45) is 0 Å². The molecule has 1 aliphatic heterocycles. The highest BCUT2D eigenvalue weighted by Crippen LogP contribution is 2.33. The average Bonchev–Trinajstić information content (AvgIpc) is 3.61. The number of nitrogens with zero attached hydrogens (tertiary/aromatic N) is 2. The molecule has 216 valence electrons. The van der Waals surface area contributed by atoms with Gasteiger partial charge in [0.2, 0.25) is 12.2 Å². The molecule has 1 aliphatic rings. The minimum absolute atomic E-state index is 0.0132. The van der Waals surface area contributed by atoms with Crippen molar-refractivity contribution in [3.8, 4) is 0 Å². The molecule has 3 atom stereocenters. The number of benzene rings is 2. The summed E-state index contributed by atoms with van der Waals surface area (Å²) < 4.78 is 24.5. The molecule has 2 amide bonds. The van der Waals surface area contributed by atoms with Crippen molar-refractivity contribution >= 4 is 35.1 Å². The lowest BCUT2D eigenvalue weighted by Gasteiger charge is -2.31. The standard InChI is InChI=1S/C30H32FN3O6S/c1-18-22(11-7-12-24(18)31)15-23-17-41-26(33-23)16-32-29(37)27(39-19(2)35)28(40-20(3)36)30(38)34-14-8-13-25(34)21-9-5-4-6-10-21/h4-7,9-12,17,25,27-28H,8,13-16H2,1-3H3,(H,32,37)/t25?,27-,28-/m1/s1. The minimum Gasteiger partial charge on any atom is -0.448 e. The number of nitrogens with one attached hydrogen (secondary N) is 1. The molecule has 41 heavy (non-hydrogen) atoms. The number of amides is 2. The molecule has 2 aromatic carbocycles. The quantitative estimate of drug-likeness (QED) is 0.360. The fourth-order valence-corrected chi connectivity index (χ4v) is 5.61. The van der Waals surface area contributed by atoms with Crippen molar-refractivity contribution < 1.29 is 33.0 Å². The second kappa shape index (κ2) is 13.5. The van der Waals surface area contributed by atoms with E-state index < -0.39 is 36.0 Å². The molecule has 11 heteroatoms. The van der Waals surface area contributed by atoms with Crippen molar-refractivity contribution in [3.05, 3.63) is 87.1 Å². The van der Waals surface area contributed by atoms with Crippen LogP contribution in [0.25, 0.3) is 0 Å². The number of thiazole rings is 1. The topological polar surface area (TPSA) is 115 Å². The number of carbonyl (C=O) groups is 4. The number of hydrogen-bond donors (Lipinski definition) is 1.